The van der Waals surface area contributed by atoms with E-state index >= 15 is 0 Å². The van der Waals surface area contributed by atoms with Crippen LogP contribution in [0, 0.1) is 10.1 Å². The summed E-state index contributed by atoms with van der Waals surface area (Å²) in [5.74, 6) is -0.535. The van der Waals surface area contributed by atoms with E-state index in [-0.39, 0.29) is 9.90 Å². The van der Waals surface area contributed by atoms with Gasteiger partial charge >= 0.3 is 5.00 Å². The molecule has 12 heteroatoms. The van der Waals surface area contributed by atoms with Crippen LogP contribution in [0.3, 0.4) is 0 Å². The van der Waals surface area contributed by atoms with Gasteiger partial charge in [-0.3, -0.25) is 14.9 Å². The third-order valence-electron chi connectivity index (χ3n) is 3.99. The van der Waals surface area contributed by atoms with Crippen molar-refractivity contribution in [3.05, 3.63) is 56.2 Å². The Morgan fingerprint density at radius 2 is 2.07 bits per heavy atom. The van der Waals surface area contributed by atoms with E-state index in [1.165, 1.54) is 35.6 Å². The van der Waals surface area contributed by atoms with E-state index in [1.807, 2.05) is 0 Å². The summed E-state index contributed by atoms with van der Waals surface area (Å²) in [5, 5.41) is 10.7. The van der Waals surface area contributed by atoms with Gasteiger partial charge in [-0.05, 0) is 30.3 Å². The third-order valence-corrected chi connectivity index (χ3v) is 7.14. The van der Waals surface area contributed by atoms with Crippen molar-refractivity contribution >= 4 is 59.7 Å². The van der Waals surface area contributed by atoms with Gasteiger partial charge in [0, 0.05) is 36.9 Å². The molecule has 2 aromatic heterocycles. The van der Waals surface area contributed by atoms with Crippen LogP contribution in [0.15, 0.2) is 46.3 Å². The van der Waals surface area contributed by atoms with Gasteiger partial charge < -0.3 is 9.30 Å². The minimum absolute atomic E-state index is 0.0115. The van der Waals surface area contributed by atoms with Crippen LogP contribution in [-0.2, 0) is 25.9 Å². The lowest BCUT2D eigenvalue weighted by Gasteiger charge is -2.04. The Bertz CT molecular complexity index is 1310. The summed E-state index contributed by atoms with van der Waals surface area (Å²) in [6.45, 7) is 0.817. The molecule has 158 valence electrons. The molecule has 2 heterocycles. The zero-order chi connectivity index (χ0) is 21.9. The van der Waals surface area contributed by atoms with Crippen LogP contribution < -0.4 is 4.80 Å². The zero-order valence-electron chi connectivity index (χ0n) is 16.0. The topological polar surface area (TPSA) is 121 Å². The average Bonchev–Trinajstić information content (AvgIpc) is 3.28. The standard InChI is InChI=1S/C18H17N3O6S3/c1-27-10-9-20-14-6-5-13(30(2,25)26)11-15(14)29-18(20)19-16(22)7-3-12-4-8-17(28-12)21(23)24/h3-8,11H,9-10H2,1-2H3/b7-3-,19-18?. The van der Waals surface area contributed by atoms with Crippen LogP contribution in [0.4, 0.5) is 5.00 Å². The van der Waals surface area contributed by atoms with Crippen LogP contribution in [0.2, 0.25) is 0 Å². The number of carbonyl (C=O) groups excluding carboxylic acids is 1. The van der Waals surface area contributed by atoms with Crippen molar-refractivity contribution in [2.24, 2.45) is 4.99 Å². The quantitative estimate of drug-likeness (QED) is 0.299. The van der Waals surface area contributed by atoms with E-state index in [4.69, 9.17) is 4.74 Å². The van der Waals surface area contributed by atoms with Gasteiger partial charge in [-0.2, -0.15) is 4.99 Å². The van der Waals surface area contributed by atoms with Gasteiger partial charge in [0.1, 0.15) is 0 Å². The number of amides is 1. The Balaban J connectivity index is 1.99. The number of methoxy groups -OCH3 is 1. The maximum Gasteiger partial charge on any atom is 0.324 e. The first-order chi connectivity index (χ1) is 14.2. The molecule has 0 aliphatic carbocycles. The highest BCUT2D eigenvalue weighted by Crippen LogP contribution is 2.25. The molecule has 1 aromatic carbocycles. The molecule has 0 saturated heterocycles. The van der Waals surface area contributed by atoms with Crippen molar-refractivity contribution in [2.75, 3.05) is 20.0 Å². The van der Waals surface area contributed by atoms with Gasteiger partial charge in [0.05, 0.1) is 26.6 Å². The number of hydrogen-bond donors (Lipinski definition) is 0. The SMILES string of the molecule is COCCn1c(=NC(=O)/C=C\c2ccc([N+](=O)[O-])s2)sc2cc(S(C)(=O)=O)ccc21. The van der Waals surface area contributed by atoms with E-state index in [0.717, 1.165) is 23.1 Å². The summed E-state index contributed by atoms with van der Waals surface area (Å²) in [7, 11) is -1.81. The molecular weight excluding hydrogens is 450 g/mol. The fourth-order valence-electron chi connectivity index (χ4n) is 2.58. The number of rotatable bonds is 7. The summed E-state index contributed by atoms with van der Waals surface area (Å²) in [4.78, 5) is 27.9. The molecule has 0 bridgehead atoms. The molecule has 0 spiro atoms. The Labute approximate surface area is 179 Å². The number of nitrogens with zero attached hydrogens (tertiary/aromatic N) is 3. The lowest BCUT2D eigenvalue weighted by atomic mass is 10.3. The number of carbonyl (C=O) groups is 1. The summed E-state index contributed by atoms with van der Waals surface area (Å²) in [6.07, 6.45) is 3.84. The van der Waals surface area contributed by atoms with Crippen molar-refractivity contribution in [1.82, 2.24) is 4.57 Å². The second kappa shape index (κ2) is 9.00. The van der Waals surface area contributed by atoms with Crippen molar-refractivity contribution < 1.29 is 22.9 Å². The predicted octanol–water partition coefficient (Wildman–Crippen LogP) is 2.86. The van der Waals surface area contributed by atoms with Gasteiger partial charge in [0.25, 0.3) is 5.91 Å². The Morgan fingerprint density at radius 1 is 1.30 bits per heavy atom. The Morgan fingerprint density at radius 3 is 2.70 bits per heavy atom. The van der Waals surface area contributed by atoms with Crippen LogP contribution in [0.1, 0.15) is 4.88 Å². The number of hydrogen-bond acceptors (Lipinski definition) is 8. The molecule has 3 rings (SSSR count). The second-order valence-corrected chi connectivity index (χ2v) is 10.3. The number of thiophene rings is 1. The van der Waals surface area contributed by atoms with Crippen LogP contribution in [-0.4, -0.2) is 43.8 Å². The average molecular weight is 468 g/mol. The first-order valence-corrected chi connectivity index (χ1v) is 12.0. The molecule has 3 aromatic rings. The molecule has 9 nitrogen and oxygen atoms in total. The summed E-state index contributed by atoms with van der Waals surface area (Å²) in [6, 6.07) is 7.68. The minimum Gasteiger partial charge on any atom is -0.383 e. The van der Waals surface area contributed by atoms with Gasteiger partial charge in [0.15, 0.2) is 14.6 Å². The molecule has 0 aliphatic rings. The number of benzene rings is 1. The van der Waals surface area contributed by atoms with Gasteiger partial charge in [0.2, 0.25) is 0 Å². The Kier molecular flexibility index (Phi) is 6.61. The van der Waals surface area contributed by atoms with E-state index < -0.39 is 20.7 Å². The monoisotopic (exact) mass is 467 g/mol. The van der Waals surface area contributed by atoms with Crippen molar-refractivity contribution in [3.8, 4) is 0 Å². The number of aromatic nitrogens is 1. The third kappa shape index (κ3) is 5.08. The predicted molar refractivity (Wildman–Crippen MR) is 115 cm³/mol. The lowest BCUT2D eigenvalue weighted by molar-refractivity contribution is -0.380. The highest BCUT2D eigenvalue weighted by atomic mass is 32.2. The van der Waals surface area contributed by atoms with Crippen LogP contribution in [0.25, 0.3) is 16.3 Å². The molecule has 30 heavy (non-hydrogen) atoms. The summed E-state index contributed by atoms with van der Waals surface area (Å²) in [5.41, 5.74) is 0.744. The van der Waals surface area contributed by atoms with Gasteiger partial charge in [-0.15, -0.1) is 0 Å². The maximum atomic E-state index is 12.3. The summed E-state index contributed by atoms with van der Waals surface area (Å²) < 4.78 is 31.3. The van der Waals surface area contributed by atoms with Gasteiger partial charge in [-0.25, -0.2) is 8.42 Å². The highest BCUT2D eigenvalue weighted by Gasteiger charge is 2.13. The lowest BCUT2D eigenvalue weighted by Crippen LogP contribution is -2.18. The number of sulfone groups is 1. The van der Waals surface area contributed by atoms with Gasteiger partial charge in [-0.1, -0.05) is 22.7 Å². The number of fused-ring (bicyclic) bond motifs is 1. The van der Waals surface area contributed by atoms with E-state index in [0.29, 0.717) is 27.5 Å². The molecular formula is C18H17N3O6S3. The Hall–Kier alpha value is -2.67. The minimum atomic E-state index is -3.36. The zero-order valence-corrected chi connectivity index (χ0v) is 18.4. The molecule has 0 N–H and O–H groups in total. The van der Waals surface area contributed by atoms with E-state index in [2.05, 4.69) is 4.99 Å². The van der Waals surface area contributed by atoms with Crippen molar-refractivity contribution in [2.45, 2.75) is 11.4 Å². The van der Waals surface area contributed by atoms with E-state index in [1.54, 1.807) is 29.9 Å². The fraction of sp³-hybridized carbons (Fsp3) is 0.222. The first kappa shape index (κ1) is 22.0. The number of nitro groups is 1. The smallest absolute Gasteiger partial charge is 0.324 e. The number of thiazole rings is 1. The highest BCUT2D eigenvalue weighted by molar-refractivity contribution is 7.90. The first-order valence-electron chi connectivity index (χ1n) is 8.52. The summed E-state index contributed by atoms with van der Waals surface area (Å²) >= 11 is 2.15. The second-order valence-electron chi connectivity index (χ2n) is 6.15. The fourth-order valence-corrected chi connectivity index (χ4v) is 5.13. The molecule has 0 saturated carbocycles. The number of ether oxygens (including phenoxy) is 1. The van der Waals surface area contributed by atoms with Crippen molar-refractivity contribution in [1.29, 1.82) is 0 Å². The normalized spacial score (nSPS) is 12.8. The molecule has 0 unspecified atom stereocenters. The van der Waals surface area contributed by atoms with Crippen molar-refractivity contribution in [3.63, 3.8) is 0 Å². The molecule has 0 radical (unpaired) electrons. The molecule has 1 amide bonds. The van der Waals surface area contributed by atoms with Crippen LogP contribution >= 0.6 is 22.7 Å². The molecule has 0 fully saturated rings. The molecule has 0 aliphatic heterocycles. The largest absolute Gasteiger partial charge is 0.383 e. The van der Waals surface area contributed by atoms with Crippen LogP contribution in [0.5, 0.6) is 0 Å². The maximum absolute atomic E-state index is 12.3. The van der Waals surface area contributed by atoms with E-state index in [9.17, 15) is 23.3 Å². The molecule has 0 atom stereocenters.